The predicted octanol–water partition coefficient (Wildman–Crippen LogP) is 3.90. The Morgan fingerprint density at radius 2 is 1.54 bits per heavy atom. The molecule has 140 valence electrons. The van der Waals surface area contributed by atoms with Gasteiger partial charge in [0.1, 0.15) is 0 Å². The summed E-state index contributed by atoms with van der Waals surface area (Å²) in [4.78, 5) is 12.4. The summed E-state index contributed by atoms with van der Waals surface area (Å²) >= 11 is 11.9. The fraction of sp³-hybridized carbons (Fsp3) is 0.235. The van der Waals surface area contributed by atoms with Crippen LogP contribution in [0.2, 0.25) is 10.0 Å². The number of benzene rings is 2. The standard InChI is InChI=1S/C17H19Cl2N3O3S/c1-17(2,3)22-26(24,25)12-6-4-10(5-7-12)16(23)21-11-8-13(18)15(20)14(19)9-11/h4-9,22H,20H2,1-3H3,(H,21,23). The van der Waals surface area contributed by atoms with Crippen LogP contribution in [0.1, 0.15) is 31.1 Å². The van der Waals surface area contributed by atoms with Gasteiger partial charge in [0.25, 0.3) is 5.91 Å². The topological polar surface area (TPSA) is 101 Å². The number of carbonyl (C=O) groups excluding carboxylic acids is 1. The molecular weight excluding hydrogens is 397 g/mol. The first-order chi connectivity index (χ1) is 11.9. The van der Waals surface area contributed by atoms with Crippen LogP contribution in [-0.4, -0.2) is 19.9 Å². The van der Waals surface area contributed by atoms with E-state index in [2.05, 4.69) is 10.0 Å². The van der Waals surface area contributed by atoms with Gasteiger partial charge in [-0.1, -0.05) is 23.2 Å². The number of rotatable bonds is 4. The van der Waals surface area contributed by atoms with Gasteiger partial charge < -0.3 is 11.1 Å². The van der Waals surface area contributed by atoms with E-state index in [1.54, 1.807) is 20.8 Å². The van der Waals surface area contributed by atoms with Crippen molar-refractivity contribution in [3.8, 4) is 0 Å². The van der Waals surface area contributed by atoms with E-state index in [-0.39, 0.29) is 26.2 Å². The van der Waals surface area contributed by atoms with E-state index in [0.29, 0.717) is 5.69 Å². The highest BCUT2D eigenvalue weighted by Gasteiger charge is 2.22. The van der Waals surface area contributed by atoms with Crippen LogP contribution in [0.25, 0.3) is 0 Å². The highest BCUT2D eigenvalue weighted by Crippen LogP contribution is 2.31. The summed E-state index contributed by atoms with van der Waals surface area (Å²) in [6, 6.07) is 8.54. The number of halogens is 2. The van der Waals surface area contributed by atoms with Crippen LogP contribution >= 0.6 is 23.2 Å². The van der Waals surface area contributed by atoms with Gasteiger partial charge in [0.05, 0.1) is 20.6 Å². The zero-order chi connectivity index (χ0) is 19.7. The Kier molecular flexibility index (Phi) is 5.87. The highest BCUT2D eigenvalue weighted by atomic mass is 35.5. The molecule has 0 fully saturated rings. The Morgan fingerprint density at radius 3 is 2.00 bits per heavy atom. The Labute approximate surface area is 162 Å². The Bertz CT molecular complexity index is 914. The van der Waals surface area contributed by atoms with E-state index in [4.69, 9.17) is 28.9 Å². The van der Waals surface area contributed by atoms with Crippen molar-refractivity contribution in [3.05, 3.63) is 52.0 Å². The molecule has 0 aliphatic heterocycles. The van der Waals surface area contributed by atoms with Crippen molar-refractivity contribution in [2.24, 2.45) is 0 Å². The first-order valence-electron chi connectivity index (χ1n) is 7.59. The van der Waals surface area contributed by atoms with Gasteiger partial charge in [-0.25, -0.2) is 13.1 Å². The lowest BCUT2D eigenvalue weighted by atomic mass is 10.1. The molecule has 0 unspecified atom stereocenters. The van der Waals surface area contributed by atoms with Crippen molar-refractivity contribution in [1.82, 2.24) is 4.72 Å². The van der Waals surface area contributed by atoms with Crippen LogP contribution in [0.15, 0.2) is 41.3 Å². The van der Waals surface area contributed by atoms with Crippen LogP contribution in [0, 0.1) is 0 Å². The lowest BCUT2D eigenvalue weighted by molar-refractivity contribution is 0.102. The molecule has 0 saturated carbocycles. The zero-order valence-electron chi connectivity index (χ0n) is 14.4. The predicted molar refractivity (Wildman–Crippen MR) is 105 cm³/mol. The highest BCUT2D eigenvalue weighted by molar-refractivity contribution is 7.89. The molecule has 9 heteroatoms. The van der Waals surface area contributed by atoms with E-state index in [1.165, 1.54) is 36.4 Å². The number of nitrogens with one attached hydrogen (secondary N) is 2. The number of sulfonamides is 1. The summed E-state index contributed by atoms with van der Waals surface area (Å²) in [5.41, 5.74) is 5.94. The lowest BCUT2D eigenvalue weighted by Gasteiger charge is -2.20. The van der Waals surface area contributed by atoms with Crippen molar-refractivity contribution in [3.63, 3.8) is 0 Å². The molecule has 0 aliphatic carbocycles. The molecule has 0 spiro atoms. The fourth-order valence-electron chi connectivity index (χ4n) is 2.11. The maximum Gasteiger partial charge on any atom is 0.255 e. The second kappa shape index (κ2) is 7.44. The van der Waals surface area contributed by atoms with Gasteiger partial charge in [-0.05, 0) is 57.2 Å². The van der Waals surface area contributed by atoms with Crippen LogP contribution in [0.5, 0.6) is 0 Å². The van der Waals surface area contributed by atoms with Gasteiger partial charge in [-0.3, -0.25) is 4.79 Å². The van der Waals surface area contributed by atoms with E-state index in [0.717, 1.165) is 0 Å². The number of hydrogen-bond acceptors (Lipinski definition) is 4. The summed E-state index contributed by atoms with van der Waals surface area (Å²) in [5, 5.41) is 3.08. The molecule has 0 heterocycles. The van der Waals surface area contributed by atoms with Crippen molar-refractivity contribution >= 4 is 50.5 Å². The number of hydrogen-bond donors (Lipinski definition) is 3. The largest absolute Gasteiger partial charge is 0.396 e. The van der Waals surface area contributed by atoms with Gasteiger partial charge >= 0.3 is 0 Å². The van der Waals surface area contributed by atoms with Gasteiger partial charge in [-0.2, -0.15) is 0 Å². The monoisotopic (exact) mass is 415 g/mol. The molecule has 26 heavy (non-hydrogen) atoms. The van der Waals surface area contributed by atoms with E-state index in [1.807, 2.05) is 0 Å². The minimum Gasteiger partial charge on any atom is -0.396 e. The van der Waals surface area contributed by atoms with Crippen LogP contribution in [0.3, 0.4) is 0 Å². The molecule has 0 radical (unpaired) electrons. The summed E-state index contributed by atoms with van der Waals surface area (Å²) in [6.07, 6.45) is 0. The molecule has 2 aromatic rings. The SMILES string of the molecule is CC(C)(C)NS(=O)(=O)c1ccc(C(=O)Nc2cc(Cl)c(N)c(Cl)c2)cc1. The number of amides is 1. The first kappa shape index (κ1) is 20.5. The summed E-state index contributed by atoms with van der Waals surface area (Å²) < 4.78 is 27.1. The van der Waals surface area contributed by atoms with Crippen molar-refractivity contribution in [1.29, 1.82) is 0 Å². The third kappa shape index (κ3) is 5.11. The minimum absolute atomic E-state index is 0.0718. The van der Waals surface area contributed by atoms with E-state index < -0.39 is 21.5 Å². The third-order valence-corrected chi connectivity index (χ3v) is 5.60. The molecule has 2 rings (SSSR count). The maximum absolute atomic E-state index is 12.3. The Hall–Kier alpha value is -1.80. The molecular formula is C17H19Cl2N3O3S. The zero-order valence-corrected chi connectivity index (χ0v) is 16.8. The van der Waals surface area contributed by atoms with Crippen molar-refractivity contribution in [2.45, 2.75) is 31.2 Å². The minimum atomic E-state index is -3.67. The summed E-state index contributed by atoms with van der Waals surface area (Å²) in [7, 11) is -3.67. The number of anilines is 2. The van der Waals surface area contributed by atoms with Gasteiger partial charge in [0.15, 0.2) is 0 Å². The first-order valence-corrected chi connectivity index (χ1v) is 9.83. The number of nitrogens with two attached hydrogens (primary N) is 1. The van der Waals surface area contributed by atoms with Crippen molar-refractivity contribution in [2.75, 3.05) is 11.1 Å². The van der Waals surface area contributed by atoms with E-state index >= 15 is 0 Å². The average Bonchev–Trinajstić information content (AvgIpc) is 2.50. The fourth-order valence-corrected chi connectivity index (χ4v) is 4.01. The third-order valence-electron chi connectivity index (χ3n) is 3.20. The molecule has 0 saturated heterocycles. The molecule has 0 aromatic heterocycles. The molecule has 0 atom stereocenters. The van der Waals surface area contributed by atoms with Crippen LogP contribution in [-0.2, 0) is 10.0 Å². The van der Waals surface area contributed by atoms with E-state index in [9.17, 15) is 13.2 Å². The molecule has 4 N–H and O–H groups in total. The Morgan fingerprint density at radius 1 is 1.04 bits per heavy atom. The second-order valence-electron chi connectivity index (χ2n) is 6.69. The second-order valence-corrected chi connectivity index (χ2v) is 9.18. The molecule has 6 nitrogen and oxygen atoms in total. The normalized spacial score (nSPS) is 12.0. The molecule has 1 amide bonds. The lowest BCUT2D eigenvalue weighted by Crippen LogP contribution is -2.40. The van der Waals surface area contributed by atoms with Gasteiger partial charge in [-0.15, -0.1) is 0 Å². The van der Waals surface area contributed by atoms with Gasteiger partial charge in [0.2, 0.25) is 10.0 Å². The number of carbonyl (C=O) groups is 1. The molecule has 2 aromatic carbocycles. The Balaban J connectivity index is 2.19. The quantitative estimate of drug-likeness (QED) is 0.658. The average molecular weight is 416 g/mol. The summed E-state index contributed by atoms with van der Waals surface area (Å²) in [6.45, 7) is 5.24. The van der Waals surface area contributed by atoms with Gasteiger partial charge in [0, 0.05) is 16.8 Å². The number of nitrogen functional groups attached to an aromatic ring is 1. The molecule has 0 aliphatic rings. The summed E-state index contributed by atoms with van der Waals surface area (Å²) in [5.74, 6) is -0.436. The maximum atomic E-state index is 12.3. The van der Waals surface area contributed by atoms with Crippen LogP contribution in [0.4, 0.5) is 11.4 Å². The smallest absolute Gasteiger partial charge is 0.255 e. The molecule has 0 bridgehead atoms. The van der Waals surface area contributed by atoms with Crippen molar-refractivity contribution < 1.29 is 13.2 Å². The van der Waals surface area contributed by atoms with Crippen LogP contribution < -0.4 is 15.8 Å².